The van der Waals surface area contributed by atoms with E-state index in [0.717, 1.165) is 59.1 Å². The molecule has 0 atom stereocenters. The number of carbonyl (C=O) groups excluding carboxylic acids is 1. The minimum absolute atomic E-state index is 0. The van der Waals surface area contributed by atoms with E-state index in [1.165, 1.54) is 0 Å². The molecule has 7 nitrogen and oxygen atoms in total. The highest BCUT2D eigenvalue weighted by atomic mass is 35.5. The van der Waals surface area contributed by atoms with Gasteiger partial charge in [0.1, 0.15) is 10.8 Å². The molecule has 210 valence electrons. The molecule has 3 heterocycles. The van der Waals surface area contributed by atoms with E-state index in [2.05, 4.69) is 40.3 Å². The van der Waals surface area contributed by atoms with Gasteiger partial charge in [0, 0.05) is 72.8 Å². The van der Waals surface area contributed by atoms with Crippen LogP contribution >= 0.6 is 24.6 Å². The number of rotatable bonds is 9. The van der Waals surface area contributed by atoms with Gasteiger partial charge in [-0.3, -0.25) is 4.79 Å². The van der Waals surface area contributed by atoms with E-state index in [4.69, 9.17) is 18.0 Å². The predicted molar refractivity (Wildman–Crippen MR) is 164 cm³/mol. The molecule has 3 N–H and O–H groups in total. The Labute approximate surface area is 242 Å². The number of nitrogens with zero attached hydrogens (tertiary/aromatic N) is 2. The Kier molecular flexibility index (Phi) is 9.18. The van der Waals surface area contributed by atoms with Gasteiger partial charge in [0.25, 0.3) is 0 Å². The van der Waals surface area contributed by atoms with Crippen LogP contribution in [0.3, 0.4) is 0 Å². The zero-order valence-electron chi connectivity index (χ0n) is 22.4. The first kappa shape index (κ1) is 29.7. The number of aromatic nitrogens is 1. The lowest BCUT2D eigenvalue weighted by atomic mass is 9.93. The van der Waals surface area contributed by atoms with Gasteiger partial charge in [-0.15, -0.1) is 12.4 Å². The van der Waals surface area contributed by atoms with Gasteiger partial charge >= 0.3 is 0 Å². The summed E-state index contributed by atoms with van der Waals surface area (Å²) in [5, 5.41) is 3.88. The van der Waals surface area contributed by atoms with Crippen molar-refractivity contribution in [3.63, 3.8) is 0 Å². The highest BCUT2D eigenvalue weighted by Gasteiger charge is 2.31. The van der Waals surface area contributed by atoms with Crippen molar-refractivity contribution in [2.75, 3.05) is 26.2 Å². The zero-order valence-corrected chi connectivity index (χ0v) is 24.9. The van der Waals surface area contributed by atoms with Gasteiger partial charge in [-0.25, -0.2) is 12.7 Å². The number of sulfonamides is 1. The van der Waals surface area contributed by atoms with E-state index in [1.54, 1.807) is 18.2 Å². The average molecular weight is 589 g/mol. The molecule has 10 heteroatoms. The fourth-order valence-electron chi connectivity index (χ4n) is 5.49. The Bertz CT molecular complexity index is 1470. The van der Waals surface area contributed by atoms with Gasteiger partial charge in [0.15, 0.2) is 0 Å². The number of aryl methyl sites for hydroxylation is 1. The molecule has 0 aliphatic carbocycles. The van der Waals surface area contributed by atoms with Crippen LogP contribution in [-0.4, -0.2) is 59.5 Å². The number of hydrogen-bond donors (Lipinski definition) is 2. The van der Waals surface area contributed by atoms with Gasteiger partial charge in [-0.2, -0.15) is 0 Å². The second-order valence-electron chi connectivity index (χ2n) is 10.8. The number of benzene rings is 2. The summed E-state index contributed by atoms with van der Waals surface area (Å²) in [4.78, 5) is 12.9. The number of piperidine rings is 1. The second-order valence-corrected chi connectivity index (χ2v) is 13.7. The molecule has 2 aliphatic rings. The van der Waals surface area contributed by atoms with Crippen molar-refractivity contribution in [1.82, 2.24) is 14.2 Å². The van der Waals surface area contributed by atoms with Crippen LogP contribution in [0, 0.1) is 5.92 Å². The fraction of sp³-hybridized carbons (Fsp3) is 0.448. The van der Waals surface area contributed by atoms with E-state index in [1.807, 2.05) is 18.2 Å². The number of nitrogens with one attached hydrogen (secondary N) is 1. The lowest BCUT2D eigenvalue weighted by molar-refractivity contribution is -0.124. The van der Waals surface area contributed by atoms with Crippen molar-refractivity contribution in [3.8, 4) is 11.1 Å². The molecule has 0 spiro atoms. The van der Waals surface area contributed by atoms with Gasteiger partial charge in [0.2, 0.25) is 10.0 Å². The van der Waals surface area contributed by atoms with E-state index >= 15 is 0 Å². The molecule has 3 aromatic rings. The maximum absolute atomic E-state index is 12.7. The van der Waals surface area contributed by atoms with Crippen molar-refractivity contribution < 1.29 is 13.2 Å². The van der Waals surface area contributed by atoms with Crippen LogP contribution in [0.15, 0.2) is 48.7 Å². The highest BCUT2D eigenvalue weighted by molar-refractivity contribution is 7.89. The summed E-state index contributed by atoms with van der Waals surface area (Å²) < 4.78 is 29.4. The summed E-state index contributed by atoms with van der Waals surface area (Å²) in [6.07, 6.45) is 4.95. The molecule has 2 aliphatic heterocycles. The van der Waals surface area contributed by atoms with Crippen molar-refractivity contribution in [1.29, 1.82) is 0 Å². The molecule has 2 aromatic carbocycles. The molecular weight excluding hydrogens is 552 g/mol. The Morgan fingerprint density at radius 2 is 1.85 bits per heavy atom. The summed E-state index contributed by atoms with van der Waals surface area (Å²) in [5.41, 5.74) is 11.1. The van der Waals surface area contributed by atoms with Crippen LogP contribution in [0.5, 0.6) is 0 Å². The van der Waals surface area contributed by atoms with E-state index < -0.39 is 15.3 Å². The monoisotopic (exact) mass is 588 g/mol. The van der Waals surface area contributed by atoms with Crippen LogP contribution in [0.4, 0.5) is 0 Å². The molecule has 2 saturated heterocycles. The summed E-state index contributed by atoms with van der Waals surface area (Å²) in [7, 11) is -3.26. The number of fused-ring (bicyclic) bond motifs is 1. The molecule has 0 amide bonds. The van der Waals surface area contributed by atoms with Crippen molar-refractivity contribution >= 4 is 56.3 Å². The second kappa shape index (κ2) is 12.1. The topological polar surface area (TPSA) is 97.4 Å². The van der Waals surface area contributed by atoms with Gasteiger partial charge < -0.3 is 15.6 Å². The standard InChI is InChI=1S/C29H36N4O3S2.ClH/c1-19(2)38(35,36)32-12-10-24(11-13-32)33-18-26(21-4-3-5-22(15-21)29(30)37)25-8-6-20(14-27(25)33)7-9-28(34)23-16-31-17-23;/h3-6,8,14-15,18-19,23-24,31H,7,9-13,16-17H2,1-2H3,(H2,30,37);1H. The third-order valence-electron chi connectivity index (χ3n) is 8.03. The number of carbonyl (C=O) groups is 1. The van der Waals surface area contributed by atoms with Crippen LogP contribution in [0.25, 0.3) is 22.0 Å². The quantitative estimate of drug-likeness (QED) is 0.358. The summed E-state index contributed by atoms with van der Waals surface area (Å²) in [6, 6.07) is 14.6. The average Bonchev–Trinajstić information content (AvgIpc) is 3.25. The number of hydrogen-bond acceptors (Lipinski definition) is 5. The Morgan fingerprint density at radius 1 is 1.13 bits per heavy atom. The molecule has 0 saturated carbocycles. The maximum atomic E-state index is 12.7. The molecule has 0 unspecified atom stereocenters. The van der Waals surface area contributed by atoms with Gasteiger partial charge in [-0.1, -0.05) is 42.5 Å². The molecule has 2 fully saturated rings. The van der Waals surface area contributed by atoms with E-state index in [-0.39, 0.29) is 24.4 Å². The minimum Gasteiger partial charge on any atom is -0.389 e. The first-order valence-corrected chi connectivity index (χ1v) is 15.3. The molecule has 1 aromatic heterocycles. The number of thiocarbonyl (C=S) groups is 1. The maximum Gasteiger partial charge on any atom is 0.216 e. The predicted octanol–water partition coefficient (Wildman–Crippen LogP) is 4.46. The van der Waals surface area contributed by atoms with Gasteiger partial charge in [-0.05, 0) is 56.4 Å². The third-order valence-corrected chi connectivity index (χ3v) is 10.5. The van der Waals surface area contributed by atoms with Crippen molar-refractivity contribution in [2.45, 2.75) is 50.8 Å². The Hall–Kier alpha value is -2.30. The zero-order chi connectivity index (χ0) is 27.0. The first-order chi connectivity index (χ1) is 18.1. The molecular formula is C29H37ClN4O3S2. The van der Waals surface area contributed by atoms with Crippen molar-refractivity contribution in [2.24, 2.45) is 11.7 Å². The first-order valence-electron chi connectivity index (χ1n) is 13.4. The lowest BCUT2D eigenvalue weighted by Gasteiger charge is -2.33. The molecule has 5 rings (SSSR count). The van der Waals surface area contributed by atoms with Gasteiger partial charge in [0.05, 0.1) is 5.25 Å². The van der Waals surface area contributed by atoms with Crippen LogP contribution < -0.4 is 11.1 Å². The summed E-state index contributed by atoms with van der Waals surface area (Å²) >= 11 is 5.22. The minimum atomic E-state index is -3.26. The van der Waals surface area contributed by atoms with Crippen LogP contribution in [0.1, 0.15) is 50.3 Å². The largest absolute Gasteiger partial charge is 0.389 e. The van der Waals surface area contributed by atoms with Crippen LogP contribution in [-0.2, 0) is 21.2 Å². The number of halogens is 1. The number of ketones is 1. The third kappa shape index (κ3) is 6.07. The summed E-state index contributed by atoms with van der Waals surface area (Å²) in [5.74, 6) is 0.482. The SMILES string of the molecule is CC(C)S(=O)(=O)N1CCC(n2cc(-c3cccc(C(N)=S)c3)c3ccc(CCC(=O)C4CNC4)cc32)CC1.Cl. The normalized spacial score (nSPS) is 17.2. The Morgan fingerprint density at radius 3 is 2.46 bits per heavy atom. The number of nitrogens with two attached hydrogens (primary N) is 1. The van der Waals surface area contributed by atoms with Crippen molar-refractivity contribution in [3.05, 3.63) is 59.8 Å². The molecule has 0 bridgehead atoms. The highest BCUT2D eigenvalue weighted by Crippen LogP contribution is 2.37. The molecule has 0 radical (unpaired) electrons. The number of Topliss-reactive ketones (excluding diaryl/α,β-unsaturated/α-hetero) is 1. The fourth-order valence-corrected chi connectivity index (χ4v) is 6.93. The summed E-state index contributed by atoms with van der Waals surface area (Å²) in [6.45, 7) is 6.09. The molecule has 39 heavy (non-hydrogen) atoms. The lowest BCUT2D eigenvalue weighted by Crippen LogP contribution is -2.46. The Balaban J connectivity index is 0.00000353. The van der Waals surface area contributed by atoms with Crippen LogP contribution in [0.2, 0.25) is 0 Å². The smallest absolute Gasteiger partial charge is 0.216 e. The van der Waals surface area contributed by atoms with E-state index in [0.29, 0.717) is 36.7 Å². The van der Waals surface area contributed by atoms with E-state index in [9.17, 15) is 13.2 Å².